The van der Waals surface area contributed by atoms with Gasteiger partial charge in [-0.25, -0.2) is 0 Å². The minimum Gasteiger partial charge on any atom is -0.494 e. The minimum absolute atomic E-state index is 0.833. The lowest BCUT2D eigenvalue weighted by atomic mass is 9.78. The van der Waals surface area contributed by atoms with E-state index in [-0.39, 0.29) is 0 Å². The minimum atomic E-state index is 0.833. The van der Waals surface area contributed by atoms with Crippen LogP contribution in [0.3, 0.4) is 0 Å². The summed E-state index contributed by atoms with van der Waals surface area (Å²) >= 11 is 0. The van der Waals surface area contributed by atoms with Gasteiger partial charge in [0.2, 0.25) is 0 Å². The number of aryl methyl sites for hydroxylation is 1. The van der Waals surface area contributed by atoms with E-state index in [9.17, 15) is 0 Å². The summed E-state index contributed by atoms with van der Waals surface area (Å²) in [6.07, 6.45) is 19.4. The highest BCUT2D eigenvalue weighted by Gasteiger charge is 2.20. The topological polar surface area (TPSA) is 22.1 Å². The molecule has 1 aromatic heterocycles. The summed E-state index contributed by atoms with van der Waals surface area (Å²) in [7, 11) is 0. The Morgan fingerprint density at radius 1 is 0.774 bits per heavy atom. The number of ether oxygens (including phenoxy) is 1. The Balaban J connectivity index is 1.35. The predicted octanol–water partition coefficient (Wildman–Crippen LogP) is 8.64. The van der Waals surface area contributed by atoms with Crippen molar-refractivity contribution in [3.8, 4) is 17.0 Å². The number of hydrogen-bond acceptors (Lipinski definition) is 2. The summed E-state index contributed by atoms with van der Waals surface area (Å²) < 4.78 is 6.01. The molecule has 3 rings (SSSR count). The highest BCUT2D eigenvalue weighted by molar-refractivity contribution is 5.60. The lowest BCUT2D eigenvalue weighted by molar-refractivity contribution is 0.230. The number of benzene rings is 1. The fourth-order valence-corrected chi connectivity index (χ4v) is 5.00. The Morgan fingerprint density at radius 2 is 1.52 bits per heavy atom. The second-order valence-electron chi connectivity index (χ2n) is 9.55. The van der Waals surface area contributed by atoms with Crippen molar-refractivity contribution < 1.29 is 4.74 Å². The van der Waals surface area contributed by atoms with Gasteiger partial charge in [0.05, 0.1) is 12.3 Å². The van der Waals surface area contributed by atoms with E-state index in [4.69, 9.17) is 4.74 Å². The van der Waals surface area contributed by atoms with E-state index in [0.717, 1.165) is 41.9 Å². The molecule has 0 radical (unpaired) electrons. The molecule has 0 saturated heterocycles. The zero-order valence-corrected chi connectivity index (χ0v) is 20.0. The lowest BCUT2D eigenvalue weighted by Gasteiger charge is -2.28. The van der Waals surface area contributed by atoms with Crippen LogP contribution in [0.2, 0.25) is 0 Å². The summed E-state index contributed by atoms with van der Waals surface area (Å²) in [6.45, 7) is 5.41. The van der Waals surface area contributed by atoms with E-state index in [2.05, 4.69) is 55.2 Å². The fourth-order valence-electron chi connectivity index (χ4n) is 5.00. The van der Waals surface area contributed by atoms with Crippen molar-refractivity contribution in [2.45, 2.75) is 97.3 Å². The van der Waals surface area contributed by atoms with Crippen LogP contribution in [0.5, 0.6) is 5.75 Å². The molecule has 1 aliphatic carbocycles. The Hall–Kier alpha value is -1.83. The number of pyridine rings is 1. The van der Waals surface area contributed by atoms with Crippen LogP contribution in [0.4, 0.5) is 0 Å². The first kappa shape index (κ1) is 23.8. The number of rotatable bonds is 13. The molecular formula is C29H43NO. The normalized spacial score (nSPS) is 18.8. The molecule has 1 heterocycles. The molecule has 2 aromatic rings. The zero-order valence-electron chi connectivity index (χ0n) is 20.0. The average Bonchev–Trinajstić information content (AvgIpc) is 2.82. The molecule has 31 heavy (non-hydrogen) atoms. The molecule has 0 spiro atoms. The fraction of sp³-hybridized carbons (Fsp3) is 0.621. The Labute approximate surface area is 190 Å². The van der Waals surface area contributed by atoms with Crippen molar-refractivity contribution in [3.05, 3.63) is 48.2 Å². The molecular weight excluding hydrogens is 378 g/mol. The van der Waals surface area contributed by atoms with Crippen LogP contribution in [0, 0.1) is 11.8 Å². The van der Waals surface area contributed by atoms with E-state index < -0.39 is 0 Å². The molecule has 2 heteroatoms. The van der Waals surface area contributed by atoms with Gasteiger partial charge >= 0.3 is 0 Å². The van der Waals surface area contributed by atoms with Crippen molar-refractivity contribution in [1.29, 1.82) is 0 Å². The van der Waals surface area contributed by atoms with Gasteiger partial charge in [-0.15, -0.1) is 0 Å². The number of nitrogens with zero attached hydrogens (tertiary/aromatic N) is 1. The van der Waals surface area contributed by atoms with Crippen LogP contribution in [-0.2, 0) is 6.42 Å². The first-order valence-corrected chi connectivity index (χ1v) is 13.0. The second-order valence-corrected chi connectivity index (χ2v) is 9.55. The van der Waals surface area contributed by atoms with E-state index in [1.807, 2.05) is 6.20 Å². The molecule has 0 N–H and O–H groups in total. The molecule has 0 aliphatic heterocycles. The highest BCUT2D eigenvalue weighted by atomic mass is 16.5. The summed E-state index contributed by atoms with van der Waals surface area (Å²) in [5.74, 6) is 2.91. The highest BCUT2D eigenvalue weighted by Crippen LogP contribution is 2.33. The summed E-state index contributed by atoms with van der Waals surface area (Å²) in [6, 6.07) is 12.8. The van der Waals surface area contributed by atoms with Crippen LogP contribution in [-0.4, -0.2) is 11.6 Å². The van der Waals surface area contributed by atoms with Gasteiger partial charge in [-0.1, -0.05) is 77.7 Å². The molecule has 1 fully saturated rings. The van der Waals surface area contributed by atoms with Crippen LogP contribution >= 0.6 is 0 Å². The monoisotopic (exact) mass is 421 g/mol. The third-order valence-corrected chi connectivity index (χ3v) is 6.98. The maximum absolute atomic E-state index is 6.01. The van der Waals surface area contributed by atoms with Crippen LogP contribution in [0.1, 0.15) is 96.5 Å². The van der Waals surface area contributed by atoms with Crippen molar-refractivity contribution in [3.63, 3.8) is 0 Å². The standard InChI is InChI=1S/C29H43NO/c1-3-5-6-7-10-26-16-21-29(30-23-26)27-17-19-28(20-18-27)31-22-8-11-25-14-12-24(9-4-2)13-15-25/h16-21,23-25H,3-15,22H2,1-2H3. The van der Waals surface area contributed by atoms with Gasteiger partial charge in [-0.2, -0.15) is 0 Å². The smallest absolute Gasteiger partial charge is 0.119 e. The molecule has 0 unspecified atom stereocenters. The molecule has 1 aliphatic rings. The largest absolute Gasteiger partial charge is 0.494 e. The Kier molecular flexibility index (Phi) is 10.4. The molecule has 170 valence electrons. The molecule has 1 saturated carbocycles. The first-order chi connectivity index (χ1) is 15.3. The van der Waals surface area contributed by atoms with Gasteiger partial charge in [-0.05, 0) is 73.4 Å². The van der Waals surface area contributed by atoms with Gasteiger partial charge in [0, 0.05) is 11.8 Å². The predicted molar refractivity (Wildman–Crippen MR) is 133 cm³/mol. The third-order valence-electron chi connectivity index (χ3n) is 6.98. The van der Waals surface area contributed by atoms with Crippen LogP contribution < -0.4 is 4.74 Å². The van der Waals surface area contributed by atoms with Crippen LogP contribution in [0.15, 0.2) is 42.6 Å². The van der Waals surface area contributed by atoms with E-state index >= 15 is 0 Å². The van der Waals surface area contributed by atoms with Crippen molar-refractivity contribution in [1.82, 2.24) is 4.98 Å². The quantitative estimate of drug-likeness (QED) is 0.302. The Bertz CT molecular complexity index is 713. The first-order valence-electron chi connectivity index (χ1n) is 13.0. The van der Waals surface area contributed by atoms with Gasteiger partial charge in [0.25, 0.3) is 0 Å². The number of aromatic nitrogens is 1. The summed E-state index contributed by atoms with van der Waals surface area (Å²) in [5.41, 5.74) is 3.55. The molecule has 0 atom stereocenters. The summed E-state index contributed by atoms with van der Waals surface area (Å²) in [5, 5.41) is 0. The van der Waals surface area contributed by atoms with Crippen molar-refractivity contribution in [2.75, 3.05) is 6.61 Å². The van der Waals surface area contributed by atoms with Crippen molar-refractivity contribution in [2.24, 2.45) is 11.8 Å². The SMILES string of the molecule is CCCCCCc1ccc(-c2ccc(OCCCC3CCC(CCC)CC3)cc2)nc1. The van der Waals surface area contributed by atoms with Crippen LogP contribution in [0.25, 0.3) is 11.3 Å². The Morgan fingerprint density at radius 3 is 2.16 bits per heavy atom. The maximum atomic E-state index is 6.01. The van der Waals surface area contributed by atoms with E-state index in [1.54, 1.807) is 0 Å². The van der Waals surface area contributed by atoms with Gasteiger partial charge < -0.3 is 4.74 Å². The maximum Gasteiger partial charge on any atom is 0.119 e. The van der Waals surface area contributed by atoms with Gasteiger partial charge in [0.15, 0.2) is 0 Å². The second kappa shape index (κ2) is 13.6. The summed E-state index contributed by atoms with van der Waals surface area (Å²) in [4.78, 5) is 4.68. The molecule has 2 nitrogen and oxygen atoms in total. The number of unbranched alkanes of at least 4 members (excludes halogenated alkanes) is 3. The third kappa shape index (κ3) is 8.31. The lowest BCUT2D eigenvalue weighted by Crippen LogP contribution is -2.15. The van der Waals surface area contributed by atoms with Crippen molar-refractivity contribution >= 4 is 0 Å². The average molecular weight is 422 g/mol. The molecule has 0 amide bonds. The zero-order chi connectivity index (χ0) is 21.7. The molecule has 0 bridgehead atoms. The van der Waals surface area contributed by atoms with E-state index in [1.165, 1.54) is 82.6 Å². The number of hydrogen-bond donors (Lipinski definition) is 0. The van der Waals surface area contributed by atoms with E-state index in [0.29, 0.717) is 0 Å². The molecule has 1 aromatic carbocycles. The van der Waals surface area contributed by atoms with Gasteiger partial charge in [0.1, 0.15) is 5.75 Å². The van der Waals surface area contributed by atoms with Gasteiger partial charge in [-0.3, -0.25) is 4.98 Å².